The molecule has 0 saturated carbocycles. The topological polar surface area (TPSA) is 78.0 Å². The minimum atomic E-state index is -0.120. The second-order valence-corrected chi connectivity index (χ2v) is 8.79. The molecule has 8 nitrogen and oxygen atoms in total. The Hall–Kier alpha value is -2.35. The quantitative estimate of drug-likeness (QED) is 0.718. The molecule has 31 heavy (non-hydrogen) atoms. The molecule has 1 aromatic heterocycles. The fraction of sp³-hybridized carbons (Fsp3) is 0.696. The minimum absolute atomic E-state index is 0.00546. The Bertz CT molecular complexity index is 738. The van der Waals surface area contributed by atoms with Gasteiger partial charge >= 0.3 is 6.03 Å². The van der Waals surface area contributed by atoms with Gasteiger partial charge in [0.25, 0.3) is 0 Å². The number of likely N-dealkylation sites (tertiary alicyclic amines) is 3. The maximum atomic E-state index is 12.5. The number of hydrogen-bond donors (Lipinski definition) is 1. The van der Waals surface area contributed by atoms with E-state index in [1.165, 1.54) is 25.9 Å². The smallest absolute Gasteiger partial charge is 0.317 e. The van der Waals surface area contributed by atoms with Crippen molar-refractivity contribution in [3.63, 3.8) is 0 Å². The molecule has 0 aromatic carbocycles. The lowest BCUT2D eigenvalue weighted by atomic mass is 9.92. The van der Waals surface area contributed by atoms with Crippen LogP contribution in [0.4, 0.5) is 4.79 Å². The molecule has 8 heteroatoms. The van der Waals surface area contributed by atoms with E-state index in [2.05, 4.69) is 15.2 Å². The van der Waals surface area contributed by atoms with E-state index in [1.54, 1.807) is 4.90 Å². The summed E-state index contributed by atoms with van der Waals surface area (Å²) in [6.07, 6.45) is 8.23. The number of hydrogen-bond acceptors (Lipinski definition) is 5. The average molecular weight is 430 g/mol. The Morgan fingerprint density at radius 3 is 2.45 bits per heavy atom. The number of piperidine rings is 1. The fourth-order valence-electron chi connectivity index (χ4n) is 4.82. The highest BCUT2D eigenvalue weighted by Crippen LogP contribution is 2.32. The van der Waals surface area contributed by atoms with E-state index >= 15 is 0 Å². The Kier molecular flexibility index (Phi) is 7.61. The molecule has 4 heterocycles. The largest absolute Gasteiger partial charge is 0.490 e. The fourth-order valence-corrected chi connectivity index (χ4v) is 4.82. The molecule has 0 unspecified atom stereocenters. The van der Waals surface area contributed by atoms with Crippen LogP contribution in [0.3, 0.4) is 0 Å². The molecule has 170 valence electrons. The Balaban J connectivity index is 1.22. The van der Waals surface area contributed by atoms with Crippen molar-refractivity contribution in [3.8, 4) is 5.75 Å². The van der Waals surface area contributed by atoms with Gasteiger partial charge in [-0.25, -0.2) is 4.79 Å². The molecule has 0 bridgehead atoms. The molecule has 0 radical (unpaired) electrons. The highest BCUT2D eigenvalue weighted by atomic mass is 16.5. The number of pyridine rings is 1. The monoisotopic (exact) mass is 429 g/mol. The number of aromatic nitrogens is 1. The van der Waals surface area contributed by atoms with Crippen molar-refractivity contribution in [2.24, 2.45) is 0 Å². The van der Waals surface area contributed by atoms with E-state index in [0.29, 0.717) is 25.6 Å². The number of amides is 3. The summed E-state index contributed by atoms with van der Waals surface area (Å²) in [4.78, 5) is 35.3. The molecule has 0 aliphatic carbocycles. The van der Waals surface area contributed by atoms with Crippen molar-refractivity contribution in [3.05, 3.63) is 24.0 Å². The number of nitrogens with one attached hydrogen (secondary N) is 1. The van der Waals surface area contributed by atoms with E-state index in [-0.39, 0.29) is 18.5 Å². The number of rotatable bonds is 7. The lowest BCUT2D eigenvalue weighted by molar-refractivity contribution is -0.131. The molecule has 3 aliphatic heterocycles. The second-order valence-electron chi connectivity index (χ2n) is 8.79. The Labute approximate surface area is 184 Å². The predicted octanol–water partition coefficient (Wildman–Crippen LogP) is 2.07. The highest BCUT2D eigenvalue weighted by molar-refractivity contribution is 5.84. The van der Waals surface area contributed by atoms with E-state index in [9.17, 15) is 9.59 Å². The SMILES string of the molecule is O=C(CNC(=O)N1CCCC1)N1CCC(c2ncccc2OCCN2CCCC2)CC1. The van der Waals surface area contributed by atoms with Crippen LogP contribution in [-0.2, 0) is 4.79 Å². The van der Waals surface area contributed by atoms with Crippen LogP contribution in [0, 0.1) is 0 Å². The van der Waals surface area contributed by atoms with Gasteiger partial charge in [0.2, 0.25) is 5.91 Å². The predicted molar refractivity (Wildman–Crippen MR) is 118 cm³/mol. The van der Waals surface area contributed by atoms with Gasteiger partial charge in [-0.1, -0.05) is 0 Å². The third-order valence-corrected chi connectivity index (χ3v) is 6.68. The molecule has 3 saturated heterocycles. The van der Waals surface area contributed by atoms with Crippen LogP contribution in [0.5, 0.6) is 5.75 Å². The van der Waals surface area contributed by atoms with E-state index in [4.69, 9.17) is 4.74 Å². The molecular formula is C23H35N5O3. The van der Waals surface area contributed by atoms with Gasteiger partial charge in [0.1, 0.15) is 12.4 Å². The first kappa shape index (κ1) is 21.9. The average Bonchev–Trinajstić information content (AvgIpc) is 3.52. The number of urea groups is 1. The van der Waals surface area contributed by atoms with Crippen LogP contribution in [0.15, 0.2) is 18.3 Å². The zero-order valence-corrected chi connectivity index (χ0v) is 18.4. The molecule has 3 fully saturated rings. The standard InChI is InChI=1S/C23H35N5O3/c29-21(18-25-23(30)28-12-3-4-13-28)27-14-7-19(8-15-27)22-20(6-5-9-24-22)31-17-16-26-10-1-2-11-26/h5-6,9,19H,1-4,7-8,10-18H2,(H,25,30). The van der Waals surface area contributed by atoms with Gasteiger partial charge in [-0.2, -0.15) is 0 Å². The number of nitrogens with zero attached hydrogens (tertiary/aromatic N) is 4. The first-order valence-electron chi connectivity index (χ1n) is 11.8. The maximum Gasteiger partial charge on any atom is 0.317 e. The van der Waals surface area contributed by atoms with Gasteiger partial charge < -0.3 is 19.9 Å². The molecule has 0 atom stereocenters. The van der Waals surface area contributed by atoms with E-state index < -0.39 is 0 Å². The van der Waals surface area contributed by atoms with Gasteiger partial charge in [-0.15, -0.1) is 0 Å². The lowest BCUT2D eigenvalue weighted by Crippen LogP contribution is -2.46. The number of carbonyl (C=O) groups excluding carboxylic acids is 2. The summed E-state index contributed by atoms with van der Waals surface area (Å²) in [6.45, 7) is 7.03. The molecule has 3 amide bonds. The van der Waals surface area contributed by atoms with Crippen molar-refractivity contribution >= 4 is 11.9 Å². The maximum absolute atomic E-state index is 12.5. The lowest BCUT2D eigenvalue weighted by Gasteiger charge is -2.32. The van der Waals surface area contributed by atoms with Crippen molar-refractivity contribution in [1.82, 2.24) is 25.0 Å². The molecule has 1 N–H and O–H groups in total. The van der Waals surface area contributed by atoms with Crippen molar-refractivity contribution in [1.29, 1.82) is 0 Å². The molecule has 1 aromatic rings. The molecule has 4 rings (SSSR count). The van der Waals surface area contributed by atoms with Crippen LogP contribution in [-0.4, -0.2) is 90.6 Å². The van der Waals surface area contributed by atoms with Gasteiger partial charge in [-0.3, -0.25) is 14.7 Å². The van der Waals surface area contributed by atoms with Gasteiger partial charge in [-0.05, 0) is 63.7 Å². The van der Waals surface area contributed by atoms with Crippen LogP contribution in [0.1, 0.15) is 50.1 Å². The normalized spacial score (nSPS) is 20.3. The zero-order valence-electron chi connectivity index (χ0n) is 18.4. The molecule has 3 aliphatic rings. The minimum Gasteiger partial charge on any atom is -0.490 e. The third kappa shape index (κ3) is 5.87. The molecule has 0 spiro atoms. The van der Waals surface area contributed by atoms with Crippen LogP contribution < -0.4 is 10.1 Å². The van der Waals surface area contributed by atoms with E-state index in [1.807, 2.05) is 23.2 Å². The zero-order chi connectivity index (χ0) is 21.5. The highest BCUT2D eigenvalue weighted by Gasteiger charge is 2.27. The first-order valence-corrected chi connectivity index (χ1v) is 11.8. The summed E-state index contributed by atoms with van der Waals surface area (Å²) in [5.41, 5.74) is 1.01. The summed E-state index contributed by atoms with van der Waals surface area (Å²) in [7, 11) is 0. The van der Waals surface area contributed by atoms with Crippen molar-refractivity contribution < 1.29 is 14.3 Å². The summed E-state index contributed by atoms with van der Waals surface area (Å²) in [5.74, 6) is 1.17. The van der Waals surface area contributed by atoms with Crippen molar-refractivity contribution in [2.45, 2.75) is 44.4 Å². The Morgan fingerprint density at radius 2 is 1.71 bits per heavy atom. The third-order valence-electron chi connectivity index (χ3n) is 6.68. The van der Waals surface area contributed by atoms with Crippen LogP contribution >= 0.6 is 0 Å². The number of ether oxygens (including phenoxy) is 1. The first-order chi connectivity index (χ1) is 15.2. The van der Waals surface area contributed by atoms with Crippen LogP contribution in [0.25, 0.3) is 0 Å². The summed E-state index contributed by atoms with van der Waals surface area (Å²) in [5, 5.41) is 2.78. The van der Waals surface area contributed by atoms with Gasteiger partial charge in [0.15, 0.2) is 0 Å². The summed E-state index contributed by atoms with van der Waals surface area (Å²) >= 11 is 0. The molecular weight excluding hydrogens is 394 g/mol. The van der Waals surface area contributed by atoms with Crippen LogP contribution in [0.2, 0.25) is 0 Å². The Morgan fingerprint density at radius 1 is 1.00 bits per heavy atom. The van der Waals surface area contributed by atoms with E-state index in [0.717, 1.165) is 56.8 Å². The van der Waals surface area contributed by atoms with Crippen molar-refractivity contribution in [2.75, 3.05) is 59.0 Å². The van der Waals surface area contributed by atoms with Gasteiger partial charge in [0.05, 0.1) is 12.2 Å². The van der Waals surface area contributed by atoms with Gasteiger partial charge in [0, 0.05) is 44.8 Å². The summed E-state index contributed by atoms with van der Waals surface area (Å²) < 4.78 is 6.10. The second kappa shape index (κ2) is 10.8. The number of carbonyl (C=O) groups is 2. The summed E-state index contributed by atoms with van der Waals surface area (Å²) in [6, 6.07) is 3.82.